The lowest BCUT2D eigenvalue weighted by molar-refractivity contribution is 0.159. The van der Waals surface area contributed by atoms with Crippen LogP contribution in [0.25, 0.3) is 0 Å². The Kier molecular flexibility index (Phi) is 4.08. The summed E-state index contributed by atoms with van der Waals surface area (Å²) in [5.74, 6) is 0. The van der Waals surface area contributed by atoms with Crippen LogP contribution in [0, 0.1) is 0 Å². The van der Waals surface area contributed by atoms with Gasteiger partial charge in [0.2, 0.25) is 0 Å². The minimum Gasteiger partial charge on any atom is -0.385 e. The first kappa shape index (κ1) is 12.4. The third kappa shape index (κ3) is 4.60. The molecule has 0 aliphatic heterocycles. The highest BCUT2D eigenvalue weighted by atomic mass is 35.5. The van der Waals surface area contributed by atoms with E-state index in [1.165, 1.54) is 0 Å². The highest BCUT2D eigenvalue weighted by molar-refractivity contribution is 6.29. The summed E-state index contributed by atoms with van der Waals surface area (Å²) in [6.45, 7) is 6.61. The predicted molar refractivity (Wildman–Crippen MR) is 62.0 cm³/mol. The van der Waals surface area contributed by atoms with Gasteiger partial charge in [-0.2, -0.15) is 0 Å². The van der Waals surface area contributed by atoms with Gasteiger partial charge in [0.1, 0.15) is 11.3 Å². The predicted octanol–water partition coefficient (Wildman–Crippen LogP) is 2.16. The number of pyridine rings is 1. The van der Waals surface area contributed by atoms with Crippen molar-refractivity contribution in [1.82, 2.24) is 10.3 Å². The number of hydrogen-bond acceptors (Lipinski definition) is 3. The van der Waals surface area contributed by atoms with E-state index in [4.69, 9.17) is 11.6 Å². The Labute approximate surface area is 95.5 Å². The molecule has 15 heavy (non-hydrogen) atoms. The Morgan fingerprint density at radius 3 is 2.67 bits per heavy atom. The molecule has 0 spiro atoms. The summed E-state index contributed by atoms with van der Waals surface area (Å²) < 4.78 is 0. The molecule has 0 amide bonds. The van der Waals surface area contributed by atoms with Crippen LogP contribution < -0.4 is 5.32 Å². The zero-order valence-corrected chi connectivity index (χ0v) is 10.0. The summed E-state index contributed by atoms with van der Waals surface area (Å²) in [5.41, 5.74) is 0.582. The van der Waals surface area contributed by atoms with E-state index in [2.05, 4.69) is 10.3 Å². The van der Waals surface area contributed by atoms with Crippen LogP contribution in [0.15, 0.2) is 18.2 Å². The lowest BCUT2D eigenvalue weighted by atomic mass is 10.1. The molecule has 1 aromatic heterocycles. The molecule has 0 saturated carbocycles. The van der Waals surface area contributed by atoms with Gasteiger partial charge in [0.05, 0.1) is 5.69 Å². The van der Waals surface area contributed by atoms with Crippen molar-refractivity contribution in [3.05, 3.63) is 29.0 Å². The molecule has 0 bridgehead atoms. The van der Waals surface area contributed by atoms with E-state index in [1.807, 2.05) is 20.8 Å². The first-order valence-electron chi connectivity index (χ1n) is 4.94. The lowest BCUT2D eigenvalue weighted by Crippen LogP contribution is -2.38. The van der Waals surface area contributed by atoms with Crippen LogP contribution in [0.2, 0.25) is 5.15 Å². The van der Waals surface area contributed by atoms with Crippen LogP contribution in [-0.2, 0) is 0 Å². The van der Waals surface area contributed by atoms with Crippen LogP contribution >= 0.6 is 11.6 Å². The van der Waals surface area contributed by atoms with Crippen molar-refractivity contribution in [3.8, 4) is 0 Å². The monoisotopic (exact) mass is 228 g/mol. The largest absolute Gasteiger partial charge is 0.385 e. The van der Waals surface area contributed by atoms with Gasteiger partial charge < -0.3 is 10.4 Å². The van der Waals surface area contributed by atoms with Crippen LogP contribution in [0.3, 0.4) is 0 Å². The van der Waals surface area contributed by atoms with Gasteiger partial charge in [-0.1, -0.05) is 17.7 Å². The number of β-amino-alcohol motifs (C(OH)–C–C–N with tert-alkyl or cyclic N) is 1. The second-order valence-corrected chi connectivity index (χ2v) is 4.92. The summed E-state index contributed by atoms with van der Waals surface area (Å²) in [5, 5.41) is 13.4. The van der Waals surface area contributed by atoms with Crippen molar-refractivity contribution in [2.24, 2.45) is 0 Å². The van der Waals surface area contributed by atoms with Gasteiger partial charge in [0, 0.05) is 12.1 Å². The Morgan fingerprint density at radius 2 is 2.13 bits per heavy atom. The van der Waals surface area contributed by atoms with Gasteiger partial charge in [-0.25, -0.2) is 4.98 Å². The van der Waals surface area contributed by atoms with Gasteiger partial charge in [-0.05, 0) is 32.9 Å². The first-order valence-corrected chi connectivity index (χ1v) is 5.32. The van der Waals surface area contributed by atoms with E-state index >= 15 is 0 Å². The lowest BCUT2D eigenvalue weighted by Gasteiger charge is -2.22. The molecule has 1 rings (SSSR count). The number of halogens is 1. The number of hydrogen-bond donors (Lipinski definition) is 2. The van der Waals surface area contributed by atoms with Gasteiger partial charge >= 0.3 is 0 Å². The van der Waals surface area contributed by atoms with E-state index in [-0.39, 0.29) is 5.54 Å². The van der Waals surface area contributed by atoms with Crippen LogP contribution in [0.1, 0.15) is 32.6 Å². The van der Waals surface area contributed by atoms with Gasteiger partial charge in [-0.3, -0.25) is 0 Å². The van der Waals surface area contributed by atoms with E-state index in [9.17, 15) is 5.11 Å². The number of aliphatic hydroxyl groups excluding tert-OH is 1. The summed E-state index contributed by atoms with van der Waals surface area (Å²) in [7, 11) is 0. The zero-order valence-electron chi connectivity index (χ0n) is 9.29. The highest BCUT2D eigenvalue weighted by Crippen LogP contribution is 2.13. The molecule has 1 heterocycles. The van der Waals surface area contributed by atoms with E-state index in [0.717, 1.165) is 0 Å². The van der Waals surface area contributed by atoms with Crippen molar-refractivity contribution in [2.45, 2.75) is 32.4 Å². The van der Waals surface area contributed by atoms with Crippen molar-refractivity contribution in [3.63, 3.8) is 0 Å². The van der Waals surface area contributed by atoms with Crippen molar-refractivity contribution in [1.29, 1.82) is 0 Å². The molecular weight excluding hydrogens is 212 g/mol. The van der Waals surface area contributed by atoms with Crippen molar-refractivity contribution in [2.75, 3.05) is 6.54 Å². The minimum absolute atomic E-state index is 0.0143. The SMILES string of the molecule is CC(C)(C)NC[C@@H](O)c1cccc(Cl)n1. The Hall–Kier alpha value is -0.640. The number of nitrogens with one attached hydrogen (secondary N) is 1. The smallest absolute Gasteiger partial charge is 0.129 e. The van der Waals surface area contributed by atoms with Crippen molar-refractivity contribution >= 4 is 11.6 Å². The summed E-state index contributed by atoms with van der Waals surface area (Å²) in [6, 6.07) is 5.24. The maximum atomic E-state index is 9.82. The first-order chi connectivity index (χ1) is 6.88. The fourth-order valence-electron chi connectivity index (χ4n) is 1.12. The highest BCUT2D eigenvalue weighted by Gasteiger charge is 2.14. The second kappa shape index (κ2) is 4.92. The maximum Gasteiger partial charge on any atom is 0.129 e. The number of aliphatic hydroxyl groups is 1. The fraction of sp³-hybridized carbons (Fsp3) is 0.545. The van der Waals surface area contributed by atoms with Gasteiger partial charge in [0.15, 0.2) is 0 Å². The van der Waals surface area contributed by atoms with Gasteiger partial charge in [0.25, 0.3) is 0 Å². The number of nitrogens with zero attached hydrogens (tertiary/aromatic N) is 1. The summed E-state index contributed by atoms with van der Waals surface area (Å²) in [6.07, 6.45) is -0.622. The molecule has 2 N–H and O–H groups in total. The van der Waals surface area contributed by atoms with E-state index in [1.54, 1.807) is 18.2 Å². The molecule has 3 nitrogen and oxygen atoms in total. The quantitative estimate of drug-likeness (QED) is 0.780. The summed E-state index contributed by atoms with van der Waals surface area (Å²) >= 11 is 5.74. The second-order valence-electron chi connectivity index (χ2n) is 4.53. The molecule has 84 valence electrons. The molecule has 0 aromatic carbocycles. The standard InChI is InChI=1S/C11H17ClN2O/c1-11(2,3)13-7-9(15)8-5-4-6-10(12)14-8/h4-6,9,13,15H,7H2,1-3H3/t9-/m1/s1. The summed E-state index contributed by atoms with van der Waals surface area (Å²) in [4.78, 5) is 4.05. The third-order valence-corrected chi connectivity index (χ3v) is 2.11. The molecule has 0 aliphatic rings. The minimum atomic E-state index is -0.622. The number of rotatable bonds is 3. The molecule has 1 atom stereocenters. The molecule has 1 aromatic rings. The third-order valence-electron chi connectivity index (χ3n) is 1.90. The molecule has 0 aliphatic carbocycles. The fourth-order valence-corrected chi connectivity index (χ4v) is 1.29. The molecule has 4 heteroatoms. The Balaban J connectivity index is 2.58. The zero-order chi connectivity index (χ0) is 11.5. The average Bonchev–Trinajstić information content (AvgIpc) is 2.13. The molecule has 0 unspecified atom stereocenters. The Bertz CT molecular complexity index is 323. The van der Waals surface area contributed by atoms with Crippen LogP contribution in [-0.4, -0.2) is 22.2 Å². The van der Waals surface area contributed by atoms with Crippen LogP contribution in [0.5, 0.6) is 0 Å². The maximum absolute atomic E-state index is 9.82. The van der Waals surface area contributed by atoms with Crippen molar-refractivity contribution < 1.29 is 5.11 Å². The topological polar surface area (TPSA) is 45.1 Å². The van der Waals surface area contributed by atoms with E-state index in [0.29, 0.717) is 17.4 Å². The van der Waals surface area contributed by atoms with E-state index < -0.39 is 6.10 Å². The molecular formula is C11H17ClN2O. The molecule has 0 radical (unpaired) electrons. The number of aromatic nitrogens is 1. The Morgan fingerprint density at radius 1 is 1.47 bits per heavy atom. The molecule has 0 fully saturated rings. The molecule has 0 saturated heterocycles. The average molecular weight is 229 g/mol. The van der Waals surface area contributed by atoms with Gasteiger partial charge in [-0.15, -0.1) is 0 Å². The normalized spacial score (nSPS) is 13.9. The van der Waals surface area contributed by atoms with Crippen LogP contribution in [0.4, 0.5) is 0 Å².